The van der Waals surface area contributed by atoms with E-state index in [-0.39, 0.29) is 0 Å². The van der Waals surface area contributed by atoms with E-state index >= 15 is 0 Å². The maximum Gasteiger partial charge on any atom is 0.0477 e. The Labute approximate surface area is 104 Å². The standard InChI is InChI=1S/C14H23N3/c1-10(2)11-3-5-12(6-4-11)14-9-13(7-8-15)16-17-14/h3-6,10,13-14,16-17H,7-9,15H2,1-2H3. The van der Waals surface area contributed by atoms with E-state index in [0.717, 1.165) is 19.4 Å². The van der Waals surface area contributed by atoms with Gasteiger partial charge in [0.2, 0.25) is 0 Å². The van der Waals surface area contributed by atoms with Gasteiger partial charge in [-0.2, -0.15) is 0 Å². The molecule has 1 heterocycles. The van der Waals surface area contributed by atoms with Crippen molar-refractivity contribution >= 4 is 0 Å². The average molecular weight is 233 g/mol. The highest BCUT2D eigenvalue weighted by molar-refractivity contribution is 5.27. The molecule has 1 aromatic carbocycles. The van der Waals surface area contributed by atoms with Crippen LogP contribution in [0.4, 0.5) is 0 Å². The molecule has 0 amide bonds. The fraction of sp³-hybridized carbons (Fsp3) is 0.571. The number of hydrogen-bond donors (Lipinski definition) is 3. The van der Waals surface area contributed by atoms with E-state index in [0.29, 0.717) is 18.0 Å². The maximum absolute atomic E-state index is 5.58. The van der Waals surface area contributed by atoms with Gasteiger partial charge in [-0.1, -0.05) is 38.1 Å². The normalized spacial score (nSPS) is 24.5. The summed E-state index contributed by atoms with van der Waals surface area (Å²) in [4.78, 5) is 0. The Kier molecular flexibility index (Phi) is 4.15. The second-order valence-electron chi connectivity index (χ2n) is 5.17. The molecule has 3 nitrogen and oxygen atoms in total. The Morgan fingerprint density at radius 1 is 1.24 bits per heavy atom. The Bertz CT molecular complexity index is 345. The Hall–Kier alpha value is -0.900. The van der Waals surface area contributed by atoms with E-state index in [2.05, 4.69) is 49.0 Å². The molecule has 3 heteroatoms. The molecule has 0 spiro atoms. The fourth-order valence-corrected chi connectivity index (χ4v) is 2.34. The second-order valence-corrected chi connectivity index (χ2v) is 5.17. The van der Waals surface area contributed by atoms with Crippen molar-refractivity contribution in [3.63, 3.8) is 0 Å². The second kappa shape index (κ2) is 5.63. The highest BCUT2D eigenvalue weighted by Gasteiger charge is 2.23. The lowest BCUT2D eigenvalue weighted by atomic mass is 9.96. The number of hydrogen-bond acceptors (Lipinski definition) is 3. The summed E-state index contributed by atoms with van der Waals surface area (Å²) in [6, 6.07) is 9.87. The van der Waals surface area contributed by atoms with Crippen LogP contribution in [0.2, 0.25) is 0 Å². The van der Waals surface area contributed by atoms with Gasteiger partial charge in [-0.25, -0.2) is 0 Å². The SMILES string of the molecule is CC(C)c1ccc(C2CC(CCN)NN2)cc1. The molecule has 94 valence electrons. The van der Waals surface area contributed by atoms with Gasteiger partial charge in [0.25, 0.3) is 0 Å². The molecule has 0 saturated carbocycles. The van der Waals surface area contributed by atoms with Crippen LogP contribution in [0.5, 0.6) is 0 Å². The van der Waals surface area contributed by atoms with Crippen molar-refractivity contribution in [2.45, 2.75) is 44.7 Å². The molecule has 0 aliphatic carbocycles. The lowest BCUT2D eigenvalue weighted by Gasteiger charge is -2.12. The summed E-state index contributed by atoms with van der Waals surface area (Å²) < 4.78 is 0. The molecule has 0 radical (unpaired) electrons. The van der Waals surface area contributed by atoms with Crippen LogP contribution in [-0.2, 0) is 0 Å². The van der Waals surface area contributed by atoms with E-state index < -0.39 is 0 Å². The van der Waals surface area contributed by atoms with Crippen LogP contribution in [0.25, 0.3) is 0 Å². The zero-order chi connectivity index (χ0) is 12.3. The van der Waals surface area contributed by atoms with Gasteiger partial charge in [-0.15, -0.1) is 0 Å². The van der Waals surface area contributed by atoms with Crippen molar-refractivity contribution in [3.05, 3.63) is 35.4 Å². The van der Waals surface area contributed by atoms with E-state index in [4.69, 9.17) is 5.73 Å². The number of hydrazine groups is 1. The quantitative estimate of drug-likeness (QED) is 0.746. The minimum Gasteiger partial charge on any atom is -0.330 e. The number of rotatable bonds is 4. The summed E-state index contributed by atoms with van der Waals surface area (Å²) in [6.07, 6.45) is 2.16. The number of nitrogens with one attached hydrogen (secondary N) is 2. The number of nitrogens with two attached hydrogens (primary N) is 1. The topological polar surface area (TPSA) is 50.1 Å². The molecule has 17 heavy (non-hydrogen) atoms. The van der Waals surface area contributed by atoms with Gasteiger partial charge in [-0.05, 0) is 36.4 Å². The molecule has 1 aromatic rings. The summed E-state index contributed by atoms with van der Waals surface area (Å²) in [5.74, 6) is 0.601. The molecule has 2 unspecified atom stereocenters. The Morgan fingerprint density at radius 3 is 2.53 bits per heavy atom. The van der Waals surface area contributed by atoms with Crippen molar-refractivity contribution in [1.29, 1.82) is 0 Å². The molecular formula is C14H23N3. The molecule has 4 N–H and O–H groups in total. The minimum atomic E-state index is 0.424. The van der Waals surface area contributed by atoms with Crippen molar-refractivity contribution < 1.29 is 0 Å². The third-order valence-corrected chi connectivity index (χ3v) is 3.50. The minimum absolute atomic E-state index is 0.424. The molecular weight excluding hydrogens is 210 g/mol. The van der Waals surface area contributed by atoms with E-state index in [1.54, 1.807) is 0 Å². The first-order chi connectivity index (χ1) is 8.20. The van der Waals surface area contributed by atoms with Gasteiger partial charge in [0.05, 0.1) is 0 Å². The molecule has 1 aliphatic rings. The summed E-state index contributed by atoms with van der Waals surface area (Å²) >= 11 is 0. The van der Waals surface area contributed by atoms with E-state index in [1.807, 2.05) is 0 Å². The lowest BCUT2D eigenvalue weighted by Crippen LogP contribution is -2.32. The van der Waals surface area contributed by atoms with Crippen LogP contribution in [0.3, 0.4) is 0 Å². The van der Waals surface area contributed by atoms with E-state index in [1.165, 1.54) is 11.1 Å². The first-order valence-electron chi connectivity index (χ1n) is 6.51. The molecule has 1 fully saturated rings. The highest BCUT2D eigenvalue weighted by Crippen LogP contribution is 2.25. The van der Waals surface area contributed by atoms with Gasteiger partial charge >= 0.3 is 0 Å². The lowest BCUT2D eigenvalue weighted by molar-refractivity contribution is 0.521. The Balaban J connectivity index is 1.99. The molecule has 2 rings (SSSR count). The molecule has 1 saturated heterocycles. The molecule has 0 aromatic heterocycles. The predicted octanol–water partition coefficient (Wildman–Crippen LogP) is 2.07. The summed E-state index contributed by atoms with van der Waals surface area (Å²) in [5.41, 5.74) is 15.0. The highest BCUT2D eigenvalue weighted by atomic mass is 15.4. The average Bonchev–Trinajstić information content (AvgIpc) is 2.78. The van der Waals surface area contributed by atoms with Crippen molar-refractivity contribution in [1.82, 2.24) is 10.9 Å². The predicted molar refractivity (Wildman–Crippen MR) is 71.6 cm³/mol. The van der Waals surface area contributed by atoms with E-state index in [9.17, 15) is 0 Å². The molecule has 1 aliphatic heterocycles. The summed E-state index contributed by atoms with van der Waals surface area (Å²) in [5, 5.41) is 0. The van der Waals surface area contributed by atoms with Crippen molar-refractivity contribution in [3.8, 4) is 0 Å². The van der Waals surface area contributed by atoms with Crippen molar-refractivity contribution in [2.24, 2.45) is 5.73 Å². The van der Waals surface area contributed by atoms with Crippen LogP contribution >= 0.6 is 0 Å². The van der Waals surface area contributed by atoms with Crippen molar-refractivity contribution in [2.75, 3.05) is 6.54 Å². The molecule has 2 atom stereocenters. The largest absolute Gasteiger partial charge is 0.330 e. The van der Waals surface area contributed by atoms with Gasteiger partial charge in [0.15, 0.2) is 0 Å². The zero-order valence-electron chi connectivity index (χ0n) is 10.7. The van der Waals surface area contributed by atoms with Crippen LogP contribution in [0, 0.1) is 0 Å². The Morgan fingerprint density at radius 2 is 1.94 bits per heavy atom. The molecule has 0 bridgehead atoms. The van der Waals surface area contributed by atoms with Gasteiger partial charge in [0.1, 0.15) is 0 Å². The first kappa shape index (κ1) is 12.6. The zero-order valence-corrected chi connectivity index (χ0v) is 10.7. The van der Waals surface area contributed by atoms with Crippen LogP contribution in [0.15, 0.2) is 24.3 Å². The summed E-state index contributed by atoms with van der Waals surface area (Å²) in [6.45, 7) is 5.20. The first-order valence-corrected chi connectivity index (χ1v) is 6.51. The maximum atomic E-state index is 5.58. The van der Waals surface area contributed by atoms with Gasteiger partial charge in [-0.3, -0.25) is 10.9 Å². The van der Waals surface area contributed by atoms with Gasteiger partial charge < -0.3 is 5.73 Å². The number of benzene rings is 1. The third kappa shape index (κ3) is 3.06. The van der Waals surface area contributed by atoms with Crippen LogP contribution in [0.1, 0.15) is 49.8 Å². The third-order valence-electron chi connectivity index (χ3n) is 3.50. The monoisotopic (exact) mass is 233 g/mol. The smallest absolute Gasteiger partial charge is 0.0477 e. The fourth-order valence-electron chi connectivity index (χ4n) is 2.34. The van der Waals surface area contributed by atoms with Gasteiger partial charge in [0, 0.05) is 12.1 Å². The van der Waals surface area contributed by atoms with Crippen LogP contribution < -0.4 is 16.6 Å². The summed E-state index contributed by atoms with van der Waals surface area (Å²) in [7, 11) is 0. The van der Waals surface area contributed by atoms with Crippen LogP contribution in [-0.4, -0.2) is 12.6 Å².